The van der Waals surface area contributed by atoms with Crippen LogP contribution in [0.15, 0.2) is 4.42 Å². The van der Waals surface area contributed by atoms with Gasteiger partial charge in [0.2, 0.25) is 11.8 Å². The predicted molar refractivity (Wildman–Crippen MR) is 54.3 cm³/mol. The molecule has 0 amide bonds. The van der Waals surface area contributed by atoms with Gasteiger partial charge in [-0.15, -0.1) is 10.2 Å². The quantitative estimate of drug-likeness (QED) is 0.787. The van der Waals surface area contributed by atoms with E-state index in [2.05, 4.69) is 22.0 Å². The van der Waals surface area contributed by atoms with Gasteiger partial charge in [0.05, 0.1) is 12.1 Å². The predicted octanol–water partition coefficient (Wildman–Crippen LogP) is 0.896. The van der Waals surface area contributed by atoms with E-state index in [0.29, 0.717) is 11.8 Å². The van der Waals surface area contributed by atoms with Crippen molar-refractivity contribution in [1.29, 1.82) is 0 Å². The largest absolute Gasteiger partial charge is 0.424 e. The Hall–Kier alpha value is -0.940. The Morgan fingerprint density at radius 3 is 2.60 bits per heavy atom. The Morgan fingerprint density at radius 2 is 2.07 bits per heavy atom. The normalized spacial score (nSPS) is 21.8. The summed E-state index contributed by atoms with van der Waals surface area (Å²) in [5, 5.41) is 17.2. The molecule has 5 heteroatoms. The summed E-state index contributed by atoms with van der Waals surface area (Å²) in [5.41, 5.74) is 0. The summed E-state index contributed by atoms with van der Waals surface area (Å²) in [7, 11) is 0. The molecule has 1 aromatic rings. The second kappa shape index (κ2) is 4.28. The van der Waals surface area contributed by atoms with Gasteiger partial charge in [0.25, 0.3) is 0 Å². The number of nitrogens with zero attached hydrogens (tertiary/aromatic N) is 3. The van der Waals surface area contributed by atoms with Gasteiger partial charge in [-0.05, 0) is 19.8 Å². The molecule has 0 saturated carbocycles. The number of aliphatic hydroxyl groups excluding tert-OH is 1. The first-order chi connectivity index (χ1) is 7.16. The molecule has 5 nitrogen and oxygen atoms in total. The Morgan fingerprint density at radius 1 is 1.40 bits per heavy atom. The Labute approximate surface area is 89.1 Å². The minimum atomic E-state index is -0.141. The van der Waals surface area contributed by atoms with E-state index in [4.69, 9.17) is 4.42 Å². The molecule has 1 aliphatic heterocycles. The van der Waals surface area contributed by atoms with Gasteiger partial charge >= 0.3 is 0 Å². The van der Waals surface area contributed by atoms with Crippen LogP contribution in [-0.2, 0) is 0 Å². The fraction of sp³-hybridized carbons (Fsp3) is 0.800. The fourth-order valence-corrected chi connectivity index (χ4v) is 1.91. The van der Waals surface area contributed by atoms with Crippen LogP contribution in [0, 0.1) is 6.92 Å². The minimum absolute atomic E-state index is 0.141. The maximum atomic E-state index is 9.41. The Balaban J connectivity index is 1.99. The summed E-state index contributed by atoms with van der Waals surface area (Å²) >= 11 is 0. The van der Waals surface area contributed by atoms with Crippen molar-refractivity contribution in [3.8, 4) is 0 Å². The lowest BCUT2D eigenvalue weighted by molar-refractivity contribution is 0.0578. The van der Waals surface area contributed by atoms with Crippen LogP contribution in [0.1, 0.15) is 37.6 Å². The molecule has 0 radical (unpaired) electrons. The molecule has 1 fully saturated rings. The van der Waals surface area contributed by atoms with Crippen molar-refractivity contribution in [2.75, 3.05) is 13.1 Å². The van der Waals surface area contributed by atoms with Crippen LogP contribution in [0.4, 0.5) is 0 Å². The van der Waals surface area contributed by atoms with Crippen molar-refractivity contribution in [3.05, 3.63) is 11.8 Å². The summed E-state index contributed by atoms with van der Waals surface area (Å²) in [6, 6.07) is 0.152. The van der Waals surface area contributed by atoms with Crippen LogP contribution < -0.4 is 0 Å². The number of hydrogen-bond donors (Lipinski definition) is 1. The van der Waals surface area contributed by atoms with Crippen molar-refractivity contribution in [2.24, 2.45) is 0 Å². The Bertz CT molecular complexity index is 318. The number of rotatable bonds is 2. The zero-order chi connectivity index (χ0) is 10.8. The number of piperidine rings is 1. The van der Waals surface area contributed by atoms with Crippen LogP contribution in [0.2, 0.25) is 0 Å². The summed E-state index contributed by atoms with van der Waals surface area (Å²) < 4.78 is 5.40. The van der Waals surface area contributed by atoms with Gasteiger partial charge in [-0.25, -0.2) is 0 Å². The molecular weight excluding hydrogens is 194 g/mol. The number of likely N-dealkylation sites (tertiary alicyclic amines) is 1. The third-order valence-corrected chi connectivity index (χ3v) is 2.95. The molecule has 1 saturated heterocycles. The topological polar surface area (TPSA) is 62.4 Å². The maximum absolute atomic E-state index is 9.41. The van der Waals surface area contributed by atoms with E-state index in [1.165, 1.54) is 0 Å². The van der Waals surface area contributed by atoms with Crippen molar-refractivity contribution in [2.45, 2.75) is 38.8 Å². The highest BCUT2D eigenvalue weighted by molar-refractivity contribution is 4.89. The second-order valence-corrected chi connectivity index (χ2v) is 4.10. The van der Waals surface area contributed by atoms with E-state index in [-0.39, 0.29) is 12.1 Å². The first-order valence-corrected chi connectivity index (χ1v) is 5.39. The fourth-order valence-electron chi connectivity index (χ4n) is 1.91. The van der Waals surface area contributed by atoms with E-state index in [9.17, 15) is 5.11 Å². The van der Waals surface area contributed by atoms with E-state index in [0.717, 1.165) is 25.9 Å². The van der Waals surface area contributed by atoms with Crippen LogP contribution in [0.3, 0.4) is 0 Å². The van der Waals surface area contributed by atoms with Crippen molar-refractivity contribution in [1.82, 2.24) is 15.1 Å². The molecule has 0 bridgehead atoms. The lowest BCUT2D eigenvalue weighted by Gasteiger charge is -2.32. The molecule has 2 heterocycles. The highest BCUT2D eigenvalue weighted by Crippen LogP contribution is 2.22. The molecule has 1 unspecified atom stereocenters. The first-order valence-electron chi connectivity index (χ1n) is 5.39. The number of hydrogen-bond acceptors (Lipinski definition) is 5. The summed E-state index contributed by atoms with van der Waals surface area (Å²) in [4.78, 5) is 2.26. The molecular formula is C10H17N3O2. The van der Waals surface area contributed by atoms with Crippen LogP contribution in [0.5, 0.6) is 0 Å². The van der Waals surface area contributed by atoms with Gasteiger partial charge in [-0.2, -0.15) is 0 Å². The highest BCUT2D eigenvalue weighted by Gasteiger charge is 2.25. The third kappa shape index (κ3) is 2.35. The van der Waals surface area contributed by atoms with Gasteiger partial charge in [-0.1, -0.05) is 0 Å². The van der Waals surface area contributed by atoms with Crippen LogP contribution in [-0.4, -0.2) is 39.4 Å². The highest BCUT2D eigenvalue weighted by atomic mass is 16.4. The summed E-state index contributed by atoms with van der Waals surface area (Å²) in [6.45, 7) is 5.64. The smallest absolute Gasteiger partial charge is 0.233 e. The lowest BCUT2D eigenvalue weighted by atomic mass is 10.1. The van der Waals surface area contributed by atoms with E-state index in [1.54, 1.807) is 6.92 Å². The number of aromatic nitrogens is 2. The van der Waals surface area contributed by atoms with Crippen LogP contribution >= 0.6 is 0 Å². The van der Waals surface area contributed by atoms with E-state index in [1.807, 2.05) is 0 Å². The molecule has 1 atom stereocenters. The van der Waals surface area contributed by atoms with Gasteiger partial charge in [0.1, 0.15) is 0 Å². The van der Waals surface area contributed by atoms with Crippen molar-refractivity contribution >= 4 is 0 Å². The molecule has 2 rings (SSSR count). The minimum Gasteiger partial charge on any atom is -0.424 e. The average molecular weight is 211 g/mol. The summed E-state index contributed by atoms with van der Waals surface area (Å²) in [5.74, 6) is 1.28. The molecule has 0 spiro atoms. The molecule has 0 aliphatic carbocycles. The van der Waals surface area contributed by atoms with E-state index < -0.39 is 0 Å². The monoisotopic (exact) mass is 211 g/mol. The van der Waals surface area contributed by atoms with Gasteiger partial charge < -0.3 is 9.52 Å². The summed E-state index contributed by atoms with van der Waals surface area (Å²) in [6.07, 6.45) is 1.52. The number of aliphatic hydroxyl groups is 1. The molecule has 1 N–H and O–H groups in total. The SMILES string of the molecule is Cc1nnc(C(C)N2CCC(O)CC2)o1. The standard InChI is InChI=1S/C10H17N3O2/c1-7(10-12-11-8(2)15-10)13-5-3-9(14)4-6-13/h7,9,14H,3-6H2,1-2H3. The third-order valence-electron chi connectivity index (χ3n) is 2.95. The van der Waals surface area contributed by atoms with Crippen molar-refractivity contribution < 1.29 is 9.52 Å². The number of aryl methyl sites for hydroxylation is 1. The zero-order valence-electron chi connectivity index (χ0n) is 9.18. The lowest BCUT2D eigenvalue weighted by Crippen LogP contribution is -2.37. The van der Waals surface area contributed by atoms with Crippen LogP contribution in [0.25, 0.3) is 0 Å². The maximum Gasteiger partial charge on any atom is 0.233 e. The first kappa shape index (κ1) is 10.6. The average Bonchev–Trinajstić information content (AvgIpc) is 2.65. The van der Waals surface area contributed by atoms with Crippen molar-refractivity contribution in [3.63, 3.8) is 0 Å². The van der Waals surface area contributed by atoms with Gasteiger partial charge in [-0.3, -0.25) is 4.90 Å². The van der Waals surface area contributed by atoms with E-state index >= 15 is 0 Å². The zero-order valence-corrected chi connectivity index (χ0v) is 9.18. The Kier molecular flexibility index (Phi) is 3.02. The van der Waals surface area contributed by atoms with Gasteiger partial charge in [0, 0.05) is 20.0 Å². The molecule has 1 aliphatic rings. The molecule has 84 valence electrons. The molecule has 0 aromatic carbocycles. The molecule has 1 aromatic heterocycles. The van der Waals surface area contributed by atoms with Gasteiger partial charge in [0.15, 0.2) is 0 Å². The molecule has 15 heavy (non-hydrogen) atoms. The second-order valence-electron chi connectivity index (χ2n) is 4.10.